The van der Waals surface area contributed by atoms with Gasteiger partial charge in [-0.1, -0.05) is 54.6 Å². The molecular weight excluding hydrogens is 682 g/mol. The van der Waals surface area contributed by atoms with Gasteiger partial charge in [-0.05, 0) is 59.7 Å². The standard InChI is InChI=1S/C36H47N11O6/c37-35(38)41-15-3-7-26-32(51)45-27(8-4-16-42-36(39)40)33(52)47-28(19-22-9-12-23-5-1-2-6-24(23)17-22)31(50)43-20-30(49)44-29(34(53)46-26)18-21-10-13-25(48)14-11-21/h1-2,5-6,9-14,17,26-29,48H,3-4,7-8,15-16,18-20H2,(H,43,50)(H,44,49)(H,45,51)(H,46,53)(H,47,52)(H4,37,38,41)(H4,39,40,42)/t26-,27+,28-,29-/m1/s1. The molecule has 1 fully saturated rings. The van der Waals surface area contributed by atoms with E-state index in [0.29, 0.717) is 5.56 Å². The van der Waals surface area contributed by atoms with E-state index in [-0.39, 0.29) is 69.3 Å². The van der Waals surface area contributed by atoms with Gasteiger partial charge < -0.3 is 54.6 Å². The Morgan fingerprint density at radius 2 is 1.09 bits per heavy atom. The molecule has 4 rings (SSSR count). The quantitative estimate of drug-likeness (QED) is 0.0585. The number of carbonyl (C=O) groups excluding carboxylic acids is 5. The summed E-state index contributed by atoms with van der Waals surface area (Å²) in [5.41, 5.74) is 23.2. The average Bonchev–Trinajstić information content (AvgIpc) is 3.12. The number of amides is 5. The molecule has 0 spiro atoms. The fourth-order valence-corrected chi connectivity index (χ4v) is 5.79. The van der Waals surface area contributed by atoms with Crippen molar-refractivity contribution in [3.8, 4) is 5.75 Å². The second-order valence-corrected chi connectivity index (χ2v) is 12.7. The maximum absolute atomic E-state index is 13.9. The Bertz CT molecular complexity index is 1820. The Balaban J connectivity index is 1.68. The lowest BCUT2D eigenvalue weighted by atomic mass is 10.0. The van der Waals surface area contributed by atoms with Crippen molar-refractivity contribution >= 4 is 52.2 Å². The highest BCUT2D eigenvalue weighted by atomic mass is 16.3. The van der Waals surface area contributed by atoms with Crippen LogP contribution in [-0.2, 0) is 36.8 Å². The molecular formula is C36H47N11O6. The zero-order chi connectivity index (χ0) is 38.3. The highest BCUT2D eigenvalue weighted by Gasteiger charge is 2.32. The summed E-state index contributed by atoms with van der Waals surface area (Å²) in [7, 11) is 0. The number of nitrogens with two attached hydrogens (primary N) is 4. The topological polar surface area (TPSA) is 295 Å². The summed E-state index contributed by atoms with van der Waals surface area (Å²) in [6.07, 6.45) is 0.769. The van der Waals surface area contributed by atoms with Gasteiger partial charge in [0.05, 0.1) is 6.54 Å². The van der Waals surface area contributed by atoms with Gasteiger partial charge in [-0.15, -0.1) is 0 Å². The minimum Gasteiger partial charge on any atom is -0.508 e. The van der Waals surface area contributed by atoms with Crippen molar-refractivity contribution < 1.29 is 29.1 Å². The van der Waals surface area contributed by atoms with E-state index >= 15 is 0 Å². The summed E-state index contributed by atoms with van der Waals surface area (Å²) in [6, 6.07) is 14.7. The van der Waals surface area contributed by atoms with Gasteiger partial charge in [0.15, 0.2) is 11.9 Å². The molecule has 1 saturated heterocycles. The van der Waals surface area contributed by atoms with Gasteiger partial charge in [-0.25, -0.2) is 0 Å². The maximum atomic E-state index is 13.9. The predicted octanol–water partition coefficient (Wildman–Crippen LogP) is -1.49. The molecule has 17 nitrogen and oxygen atoms in total. The summed E-state index contributed by atoms with van der Waals surface area (Å²) >= 11 is 0. The van der Waals surface area contributed by atoms with E-state index in [9.17, 15) is 29.1 Å². The SMILES string of the molecule is NC(N)=NCCC[C@@H]1NC(=O)[C@@H](CCCN=C(N)N)NC(=O)[C@@H](Cc2ccc(O)cc2)NC(=O)CNC(=O)[C@@H](Cc2ccc3ccccc3c2)NC1=O. The van der Waals surface area contributed by atoms with Crippen molar-refractivity contribution in [2.45, 2.75) is 62.7 Å². The van der Waals surface area contributed by atoms with Crippen LogP contribution < -0.4 is 49.5 Å². The molecule has 0 aromatic heterocycles. The number of aliphatic imine (C=N–C) groups is 2. The number of carbonyl (C=O) groups is 5. The molecule has 3 aromatic rings. The molecule has 0 saturated carbocycles. The van der Waals surface area contributed by atoms with Crippen molar-refractivity contribution in [1.29, 1.82) is 0 Å². The highest BCUT2D eigenvalue weighted by Crippen LogP contribution is 2.17. The fourth-order valence-electron chi connectivity index (χ4n) is 5.79. The van der Waals surface area contributed by atoms with Gasteiger partial charge >= 0.3 is 0 Å². The van der Waals surface area contributed by atoms with Crippen LogP contribution in [0.3, 0.4) is 0 Å². The summed E-state index contributed by atoms with van der Waals surface area (Å²) in [5.74, 6) is -3.66. The van der Waals surface area contributed by atoms with Gasteiger partial charge in [0.2, 0.25) is 29.5 Å². The van der Waals surface area contributed by atoms with Crippen LogP contribution in [0.4, 0.5) is 0 Å². The first-order chi connectivity index (χ1) is 25.4. The Morgan fingerprint density at radius 1 is 0.604 bits per heavy atom. The van der Waals surface area contributed by atoms with Crippen molar-refractivity contribution in [2.75, 3.05) is 19.6 Å². The van der Waals surface area contributed by atoms with Crippen LogP contribution in [0, 0.1) is 0 Å². The number of guanidine groups is 2. The molecule has 3 aromatic carbocycles. The number of hydrogen-bond acceptors (Lipinski definition) is 8. The summed E-state index contributed by atoms with van der Waals surface area (Å²) < 4.78 is 0. The highest BCUT2D eigenvalue weighted by molar-refractivity contribution is 5.97. The lowest BCUT2D eigenvalue weighted by Crippen LogP contribution is -2.58. The maximum Gasteiger partial charge on any atom is 0.243 e. The van der Waals surface area contributed by atoms with E-state index in [1.165, 1.54) is 12.1 Å². The average molecular weight is 730 g/mol. The molecule has 5 amide bonds. The summed E-state index contributed by atoms with van der Waals surface area (Å²) in [4.78, 5) is 76.4. The number of phenols is 1. The van der Waals surface area contributed by atoms with E-state index in [1.807, 2.05) is 42.5 Å². The number of phenolic OH excluding ortho intramolecular Hbond substituents is 1. The molecule has 282 valence electrons. The van der Waals surface area contributed by atoms with Crippen molar-refractivity contribution in [1.82, 2.24) is 26.6 Å². The normalized spacial score (nSPS) is 20.0. The molecule has 1 heterocycles. The zero-order valence-electron chi connectivity index (χ0n) is 29.2. The van der Waals surface area contributed by atoms with Gasteiger partial charge in [0, 0.05) is 25.9 Å². The first-order valence-corrected chi connectivity index (χ1v) is 17.2. The smallest absolute Gasteiger partial charge is 0.243 e. The van der Waals surface area contributed by atoms with E-state index in [2.05, 4.69) is 36.6 Å². The molecule has 0 radical (unpaired) electrons. The lowest BCUT2D eigenvalue weighted by molar-refractivity contribution is -0.134. The first kappa shape index (κ1) is 39.4. The zero-order valence-corrected chi connectivity index (χ0v) is 29.2. The van der Waals surface area contributed by atoms with Crippen molar-refractivity contribution in [2.24, 2.45) is 32.9 Å². The molecule has 17 heteroatoms. The minimum absolute atomic E-state index is 0.00775. The van der Waals surface area contributed by atoms with Crippen LogP contribution in [0.25, 0.3) is 10.8 Å². The molecule has 0 aliphatic carbocycles. The van der Waals surface area contributed by atoms with Crippen molar-refractivity contribution in [3.05, 3.63) is 77.9 Å². The van der Waals surface area contributed by atoms with E-state index in [0.717, 1.165) is 16.3 Å². The summed E-state index contributed by atoms with van der Waals surface area (Å²) in [6.45, 7) is -0.194. The largest absolute Gasteiger partial charge is 0.508 e. The second-order valence-electron chi connectivity index (χ2n) is 12.7. The molecule has 53 heavy (non-hydrogen) atoms. The third kappa shape index (κ3) is 12.7. The van der Waals surface area contributed by atoms with Gasteiger partial charge in [0.1, 0.15) is 29.9 Å². The molecule has 14 N–H and O–H groups in total. The van der Waals surface area contributed by atoms with E-state index in [4.69, 9.17) is 22.9 Å². The number of aromatic hydroxyl groups is 1. The Hall–Kier alpha value is -6.39. The molecule has 1 aliphatic rings. The third-order valence-corrected chi connectivity index (χ3v) is 8.49. The predicted molar refractivity (Wildman–Crippen MR) is 200 cm³/mol. The Kier molecular flexibility index (Phi) is 14.3. The lowest BCUT2D eigenvalue weighted by Gasteiger charge is -2.26. The van der Waals surface area contributed by atoms with Crippen LogP contribution in [0.1, 0.15) is 36.8 Å². The Morgan fingerprint density at radius 3 is 1.68 bits per heavy atom. The van der Waals surface area contributed by atoms with E-state index < -0.39 is 60.2 Å². The first-order valence-electron chi connectivity index (χ1n) is 17.2. The number of nitrogens with zero attached hydrogens (tertiary/aromatic N) is 2. The minimum atomic E-state index is -1.19. The number of rotatable bonds is 12. The monoisotopic (exact) mass is 729 g/mol. The van der Waals surface area contributed by atoms with Gasteiger partial charge in [-0.2, -0.15) is 0 Å². The van der Waals surface area contributed by atoms with Crippen molar-refractivity contribution in [3.63, 3.8) is 0 Å². The molecule has 4 atom stereocenters. The van der Waals surface area contributed by atoms with Crippen LogP contribution in [0.15, 0.2) is 76.7 Å². The molecule has 1 aliphatic heterocycles. The number of fused-ring (bicyclic) bond motifs is 1. The molecule has 0 unspecified atom stereocenters. The van der Waals surface area contributed by atoms with Gasteiger partial charge in [-0.3, -0.25) is 34.0 Å². The third-order valence-electron chi connectivity index (χ3n) is 8.49. The van der Waals surface area contributed by atoms with Crippen LogP contribution in [0.5, 0.6) is 5.75 Å². The number of hydrogen-bond donors (Lipinski definition) is 10. The summed E-state index contributed by atoms with van der Waals surface area (Å²) in [5, 5.41) is 25.1. The van der Waals surface area contributed by atoms with E-state index in [1.54, 1.807) is 12.1 Å². The second kappa shape index (κ2) is 19.3. The fraction of sp³-hybridized carbons (Fsp3) is 0.361. The van der Waals surface area contributed by atoms with Crippen LogP contribution >= 0.6 is 0 Å². The molecule has 0 bridgehead atoms. The number of benzene rings is 3. The van der Waals surface area contributed by atoms with Crippen LogP contribution in [-0.4, -0.2) is 90.4 Å². The number of nitrogens with one attached hydrogen (secondary N) is 5. The van der Waals surface area contributed by atoms with Gasteiger partial charge in [0.25, 0.3) is 0 Å². The van der Waals surface area contributed by atoms with Crippen LogP contribution in [0.2, 0.25) is 0 Å². The Labute approximate surface area is 306 Å².